The molecule has 1 fully saturated rings. The van der Waals surface area contributed by atoms with Crippen LogP contribution in [0.4, 0.5) is 11.4 Å². The first kappa shape index (κ1) is 16.8. The maximum Gasteiger partial charge on any atom is 0.274 e. The number of rotatable bonds is 3. The predicted octanol–water partition coefficient (Wildman–Crippen LogP) is 4.53. The van der Waals surface area contributed by atoms with Gasteiger partial charge in [-0.2, -0.15) is 0 Å². The van der Waals surface area contributed by atoms with E-state index in [-0.39, 0.29) is 5.91 Å². The van der Waals surface area contributed by atoms with E-state index in [2.05, 4.69) is 22.1 Å². The molecule has 0 aliphatic carbocycles. The predicted molar refractivity (Wildman–Crippen MR) is 99.0 cm³/mol. The van der Waals surface area contributed by atoms with Gasteiger partial charge in [0.05, 0.1) is 0 Å². The molecule has 1 aliphatic rings. The van der Waals surface area contributed by atoms with Gasteiger partial charge in [0.25, 0.3) is 5.91 Å². The van der Waals surface area contributed by atoms with Crippen molar-refractivity contribution < 1.29 is 4.79 Å². The maximum atomic E-state index is 12.5. The quantitative estimate of drug-likeness (QED) is 0.890. The van der Waals surface area contributed by atoms with Crippen LogP contribution in [0.2, 0.25) is 5.02 Å². The Hall–Kier alpha value is -2.07. The smallest absolute Gasteiger partial charge is 0.274 e. The monoisotopic (exact) mass is 343 g/mol. The van der Waals surface area contributed by atoms with Gasteiger partial charge in [-0.05, 0) is 55.5 Å². The van der Waals surface area contributed by atoms with Crippen LogP contribution in [0.1, 0.15) is 35.8 Å². The highest BCUT2D eigenvalue weighted by atomic mass is 35.5. The molecule has 126 valence electrons. The van der Waals surface area contributed by atoms with Gasteiger partial charge in [-0.15, -0.1) is 0 Å². The molecule has 24 heavy (non-hydrogen) atoms. The van der Waals surface area contributed by atoms with Crippen LogP contribution in [-0.4, -0.2) is 24.0 Å². The number of nitrogens with one attached hydrogen (secondary N) is 1. The largest absolute Gasteiger partial charge is 0.371 e. The number of amides is 1. The number of anilines is 2. The summed E-state index contributed by atoms with van der Waals surface area (Å²) in [6.07, 6.45) is 4.16. The molecule has 4 nitrogen and oxygen atoms in total. The normalized spacial score (nSPS) is 17.6. The first-order chi connectivity index (χ1) is 11.5. The summed E-state index contributed by atoms with van der Waals surface area (Å²) in [4.78, 5) is 19.1. The summed E-state index contributed by atoms with van der Waals surface area (Å²) in [5.74, 6) is 0.463. The number of carbonyl (C=O) groups excluding carboxylic acids is 1. The van der Waals surface area contributed by atoms with E-state index in [9.17, 15) is 4.79 Å². The van der Waals surface area contributed by atoms with Crippen molar-refractivity contribution in [3.8, 4) is 0 Å². The van der Waals surface area contributed by atoms with Crippen LogP contribution < -0.4 is 10.2 Å². The van der Waals surface area contributed by atoms with Gasteiger partial charge >= 0.3 is 0 Å². The van der Waals surface area contributed by atoms with Gasteiger partial charge in [0, 0.05) is 35.7 Å². The van der Waals surface area contributed by atoms with E-state index >= 15 is 0 Å². The molecule has 1 saturated heterocycles. The summed E-state index contributed by atoms with van der Waals surface area (Å²) in [6, 6.07) is 9.31. The number of carbonyl (C=O) groups is 1. The highest BCUT2D eigenvalue weighted by molar-refractivity contribution is 6.31. The topological polar surface area (TPSA) is 45.2 Å². The van der Waals surface area contributed by atoms with E-state index < -0.39 is 0 Å². The Morgan fingerprint density at radius 2 is 2.21 bits per heavy atom. The van der Waals surface area contributed by atoms with E-state index in [1.807, 2.05) is 37.3 Å². The third-order valence-electron chi connectivity index (χ3n) is 4.51. The number of nitrogens with zero attached hydrogens (tertiary/aromatic N) is 2. The van der Waals surface area contributed by atoms with E-state index in [1.165, 1.54) is 12.8 Å². The first-order valence-corrected chi connectivity index (χ1v) is 8.70. The van der Waals surface area contributed by atoms with Crippen LogP contribution in [0.5, 0.6) is 0 Å². The van der Waals surface area contributed by atoms with Gasteiger partial charge in [0.1, 0.15) is 5.69 Å². The SMILES string of the molecule is Cc1c(Cl)cccc1NC(=O)c1cc(N2CCCC(C)C2)ccn1. The fourth-order valence-electron chi connectivity index (χ4n) is 3.09. The Morgan fingerprint density at radius 1 is 1.38 bits per heavy atom. The van der Waals surface area contributed by atoms with E-state index in [4.69, 9.17) is 11.6 Å². The molecule has 1 aromatic carbocycles. The summed E-state index contributed by atoms with van der Waals surface area (Å²) < 4.78 is 0. The average Bonchev–Trinajstić information content (AvgIpc) is 2.59. The van der Waals surface area contributed by atoms with Gasteiger partial charge in [-0.1, -0.05) is 24.6 Å². The molecule has 0 bridgehead atoms. The Labute approximate surface area is 147 Å². The minimum Gasteiger partial charge on any atom is -0.371 e. The number of halogens is 1. The average molecular weight is 344 g/mol. The fraction of sp³-hybridized carbons (Fsp3) is 0.368. The molecule has 1 aliphatic heterocycles. The van der Waals surface area contributed by atoms with Crippen molar-refractivity contribution in [2.75, 3.05) is 23.3 Å². The zero-order valence-electron chi connectivity index (χ0n) is 14.1. The number of aromatic nitrogens is 1. The molecule has 1 aromatic heterocycles. The Kier molecular flexibility index (Phi) is 5.05. The second kappa shape index (κ2) is 7.22. The molecule has 1 N–H and O–H groups in total. The van der Waals surface area contributed by atoms with Crippen LogP contribution in [0, 0.1) is 12.8 Å². The highest BCUT2D eigenvalue weighted by Crippen LogP contribution is 2.25. The molecule has 0 spiro atoms. The molecule has 1 unspecified atom stereocenters. The van der Waals surface area contributed by atoms with Crippen LogP contribution in [0.25, 0.3) is 0 Å². The Balaban J connectivity index is 1.78. The van der Waals surface area contributed by atoms with Gasteiger partial charge in [0.2, 0.25) is 0 Å². The van der Waals surface area contributed by atoms with E-state index in [0.717, 1.165) is 24.3 Å². The number of piperidine rings is 1. The molecule has 0 radical (unpaired) electrons. The van der Waals surface area contributed by atoms with Crippen molar-refractivity contribution in [1.82, 2.24) is 4.98 Å². The van der Waals surface area contributed by atoms with Crippen molar-refractivity contribution in [2.24, 2.45) is 5.92 Å². The molecule has 1 amide bonds. The van der Waals surface area contributed by atoms with Crippen LogP contribution >= 0.6 is 11.6 Å². The van der Waals surface area contributed by atoms with Crippen LogP contribution in [-0.2, 0) is 0 Å². The highest BCUT2D eigenvalue weighted by Gasteiger charge is 2.18. The summed E-state index contributed by atoms with van der Waals surface area (Å²) in [7, 11) is 0. The Bertz CT molecular complexity index is 747. The Morgan fingerprint density at radius 3 is 3.00 bits per heavy atom. The van der Waals surface area contributed by atoms with Gasteiger partial charge < -0.3 is 10.2 Å². The van der Waals surface area contributed by atoms with Crippen molar-refractivity contribution in [1.29, 1.82) is 0 Å². The second-order valence-electron chi connectivity index (χ2n) is 6.46. The summed E-state index contributed by atoms with van der Waals surface area (Å²) in [6.45, 7) is 6.21. The molecule has 3 rings (SSSR count). The lowest BCUT2D eigenvalue weighted by molar-refractivity contribution is 0.102. The van der Waals surface area contributed by atoms with Gasteiger partial charge in [0.15, 0.2) is 0 Å². The molecule has 1 atom stereocenters. The van der Waals surface area contributed by atoms with Crippen molar-refractivity contribution in [3.63, 3.8) is 0 Å². The zero-order valence-corrected chi connectivity index (χ0v) is 14.8. The number of pyridine rings is 1. The standard InChI is InChI=1S/C19H22ClN3O/c1-13-5-4-10-23(12-13)15-8-9-21-18(11-15)19(24)22-17-7-3-6-16(20)14(17)2/h3,6-9,11,13H,4-5,10,12H2,1-2H3,(H,22,24). The third-order valence-corrected chi connectivity index (χ3v) is 4.92. The lowest BCUT2D eigenvalue weighted by Crippen LogP contribution is -2.34. The van der Waals surface area contributed by atoms with Gasteiger partial charge in [-0.25, -0.2) is 0 Å². The van der Waals surface area contributed by atoms with Crippen LogP contribution in [0.3, 0.4) is 0 Å². The molecule has 2 heterocycles. The first-order valence-electron chi connectivity index (χ1n) is 8.32. The maximum absolute atomic E-state index is 12.5. The number of hydrogen-bond acceptors (Lipinski definition) is 3. The van der Waals surface area contributed by atoms with Crippen molar-refractivity contribution in [3.05, 3.63) is 52.8 Å². The molecule has 5 heteroatoms. The van der Waals surface area contributed by atoms with Crippen molar-refractivity contribution >= 4 is 28.9 Å². The minimum atomic E-state index is -0.215. The van der Waals surface area contributed by atoms with E-state index in [0.29, 0.717) is 22.3 Å². The molecule has 0 saturated carbocycles. The van der Waals surface area contributed by atoms with Crippen molar-refractivity contribution in [2.45, 2.75) is 26.7 Å². The number of hydrogen-bond donors (Lipinski definition) is 1. The summed E-state index contributed by atoms with van der Waals surface area (Å²) >= 11 is 6.11. The lowest BCUT2D eigenvalue weighted by atomic mass is 10.00. The van der Waals surface area contributed by atoms with Gasteiger partial charge in [-0.3, -0.25) is 9.78 Å². The summed E-state index contributed by atoms with van der Waals surface area (Å²) in [5, 5.41) is 3.54. The molecular weight excluding hydrogens is 322 g/mol. The third kappa shape index (κ3) is 3.70. The summed E-state index contributed by atoms with van der Waals surface area (Å²) in [5.41, 5.74) is 3.05. The number of benzene rings is 1. The zero-order chi connectivity index (χ0) is 17.1. The fourth-order valence-corrected chi connectivity index (χ4v) is 3.27. The van der Waals surface area contributed by atoms with Crippen LogP contribution in [0.15, 0.2) is 36.5 Å². The minimum absolute atomic E-state index is 0.215. The lowest BCUT2D eigenvalue weighted by Gasteiger charge is -2.32. The molecule has 2 aromatic rings. The second-order valence-corrected chi connectivity index (χ2v) is 6.87. The molecular formula is C19H22ClN3O. The van der Waals surface area contributed by atoms with E-state index in [1.54, 1.807) is 6.20 Å².